The molecule has 3 saturated carbocycles. The summed E-state index contributed by atoms with van der Waals surface area (Å²) in [4.78, 5) is 39.2. The minimum Gasteiger partial charge on any atom is -0.481 e. The summed E-state index contributed by atoms with van der Waals surface area (Å²) in [6.07, 6.45) is 7.11. The number of esters is 2. The average Bonchev–Trinajstić information content (AvgIpc) is 3.00. The molecule has 278 valence electrons. The van der Waals surface area contributed by atoms with E-state index in [-0.39, 0.29) is 58.6 Å². The van der Waals surface area contributed by atoms with Crippen molar-refractivity contribution in [1.29, 1.82) is 0 Å². The van der Waals surface area contributed by atoms with Crippen LogP contribution in [0.25, 0.3) is 0 Å². The number of carbonyl (C=O) groups is 3. The van der Waals surface area contributed by atoms with Crippen LogP contribution in [0.3, 0.4) is 0 Å². The highest BCUT2D eigenvalue weighted by atomic mass is 16.6. The molecule has 1 heterocycles. The van der Waals surface area contributed by atoms with Gasteiger partial charge in [-0.1, -0.05) is 60.1 Å². The van der Waals surface area contributed by atoms with Crippen molar-refractivity contribution in [3.05, 3.63) is 11.6 Å². The van der Waals surface area contributed by atoms with E-state index in [1.165, 1.54) is 12.5 Å². The van der Waals surface area contributed by atoms with Crippen molar-refractivity contribution in [1.82, 2.24) is 5.32 Å². The smallest absolute Gasteiger partial charge is 0.320 e. The van der Waals surface area contributed by atoms with Crippen molar-refractivity contribution in [3.8, 4) is 0 Å². The number of allylic oxidation sites excluding steroid dienone is 1. The van der Waals surface area contributed by atoms with Gasteiger partial charge in [-0.25, -0.2) is 0 Å². The summed E-state index contributed by atoms with van der Waals surface area (Å²) in [5, 5.41) is 14.2. The summed E-state index contributed by atoms with van der Waals surface area (Å²) >= 11 is 0. The van der Waals surface area contributed by atoms with Gasteiger partial charge in [0, 0.05) is 24.4 Å². The van der Waals surface area contributed by atoms with Crippen LogP contribution in [-0.2, 0) is 33.3 Å². The number of carbonyl (C=O) groups excluding carboxylic acids is 2. The predicted octanol–water partition coefficient (Wildman–Crippen LogP) is 6.82. The normalized spacial score (nSPS) is 42.0. The average molecular weight is 688 g/mol. The molecule has 0 aromatic heterocycles. The first-order valence-corrected chi connectivity index (χ1v) is 19.1. The van der Waals surface area contributed by atoms with E-state index in [9.17, 15) is 19.5 Å². The summed E-state index contributed by atoms with van der Waals surface area (Å²) in [7, 11) is 0. The summed E-state index contributed by atoms with van der Waals surface area (Å²) in [6.45, 7) is 23.4. The standard InChI is InChI=1S/C40H65NO8/c1-24(2)26(5)36(7)16-17-38(9)28-12-13-31-37(8)22-46-23-40(31,29(28)14-15-39(38,10)33(36)35(44)45)20-30(48-27(6)42)34(37)49-32(43)21-41-18-11-19-47-25(3)4/h14,24-26,28,30-31,33-34,41H,11-13,15-23H2,1-10H3,(H,44,45)/t26-,28+,30-,31+,33-,34+,36-,37-,38-,39+,40+/m1/s1. The summed E-state index contributed by atoms with van der Waals surface area (Å²) in [6, 6.07) is 0. The van der Waals surface area contributed by atoms with Crippen molar-refractivity contribution in [2.45, 2.75) is 132 Å². The lowest BCUT2D eigenvalue weighted by atomic mass is 9.34. The zero-order valence-electron chi connectivity index (χ0n) is 32.0. The molecular formula is C40H65NO8. The van der Waals surface area contributed by atoms with E-state index in [1.54, 1.807) is 0 Å². The van der Waals surface area contributed by atoms with Gasteiger partial charge in [-0.05, 0) is 105 Å². The topological polar surface area (TPSA) is 120 Å². The Labute approximate surface area is 295 Å². The number of rotatable bonds is 12. The first kappa shape index (κ1) is 38.3. The van der Waals surface area contributed by atoms with Gasteiger partial charge in [-0.2, -0.15) is 0 Å². The molecule has 4 aliphatic carbocycles. The fourth-order valence-corrected chi connectivity index (χ4v) is 12.0. The van der Waals surface area contributed by atoms with Crippen LogP contribution in [-0.4, -0.2) is 74.2 Å². The lowest BCUT2D eigenvalue weighted by Crippen LogP contribution is -2.70. The van der Waals surface area contributed by atoms with Gasteiger partial charge in [0.2, 0.25) is 0 Å². The van der Waals surface area contributed by atoms with E-state index < -0.39 is 34.9 Å². The molecule has 0 amide bonds. The Morgan fingerprint density at radius 2 is 1.71 bits per heavy atom. The van der Waals surface area contributed by atoms with Crippen LogP contribution in [0, 0.1) is 56.7 Å². The largest absolute Gasteiger partial charge is 0.481 e. The molecule has 0 aromatic rings. The Morgan fingerprint density at radius 1 is 1.00 bits per heavy atom. The van der Waals surface area contributed by atoms with E-state index in [2.05, 4.69) is 59.9 Å². The van der Waals surface area contributed by atoms with Crippen LogP contribution in [0.2, 0.25) is 0 Å². The van der Waals surface area contributed by atoms with Crippen LogP contribution < -0.4 is 5.32 Å². The third kappa shape index (κ3) is 6.30. The fourth-order valence-electron chi connectivity index (χ4n) is 12.0. The predicted molar refractivity (Wildman–Crippen MR) is 188 cm³/mol. The molecule has 5 aliphatic rings. The van der Waals surface area contributed by atoms with Crippen molar-refractivity contribution in [2.75, 3.05) is 32.9 Å². The van der Waals surface area contributed by atoms with Crippen LogP contribution in [0.4, 0.5) is 0 Å². The molecule has 1 aliphatic heterocycles. The maximum atomic E-state index is 13.4. The number of hydrogen-bond donors (Lipinski definition) is 2. The Kier molecular flexibility index (Phi) is 10.8. The maximum absolute atomic E-state index is 13.4. The summed E-state index contributed by atoms with van der Waals surface area (Å²) in [5.41, 5.74) is -0.487. The van der Waals surface area contributed by atoms with E-state index in [1.807, 2.05) is 13.8 Å². The molecule has 0 unspecified atom stereocenters. The summed E-state index contributed by atoms with van der Waals surface area (Å²) < 4.78 is 24.5. The zero-order valence-corrected chi connectivity index (χ0v) is 32.0. The van der Waals surface area contributed by atoms with E-state index in [4.69, 9.17) is 18.9 Å². The lowest BCUT2D eigenvalue weighted by molar-refractivity contribution is -0.262. The molecule has 11 atom stereocenters. The molecule has 1 saturated heterocycles. The van der Waals surface area contributed by atoms with Crippen LogP contribution in [0.5, 0.6) is 0 Å². The second kappa shape index (κ2) is 13.9. The molecule has 4 fully saturated rings. The maximum Gasteiger partial charge on any atom is 0.320 e. The van der Waals surface area contributed by atoms with Gasteiger partial charge < -0.3 is 29.4 Å². The minimum absolute atomic E-state index is 0.0704. The molecule has 0 radical (unpaired) electrons. The highest BCUT2D eigenvalue weighted by molar-refractivity contribution is 5.73. The summed E-state index contributed by atoms with van der Waals surface area (Å²) in [5.74, 6) is -0.821. The quantitative estimate of drug-likeness (QED) is 0.129. The van der Waals surface area contributed by atoms with E-state index >= 15 is 0 Å². The second-order valence-electron chi connectivity index (χ2n) is 18.1. The lowest BCUT2D eigenvalue weighted by Gasteiger charge is -2.71. The number of hydrogen-bond acceptors (Lipinski definition) is 8. The van der Waals surface area contributed by atoms with E-state index in [0.29, 0.717) is 45.1 Å². The number of ether oxygens (including phenoxy) is 4. The number of fused-ring (bicyclic) bond motifs is 3. The van der Waals surface area contributed by atoms with Gasteiger partial charge in [0.15, 0.2) is 0 Å². The third-order valence-electron chi connectivity index (χ3n) is 14.9. The Morgan fingerprint density at radius 3 is 2.35 bits per heavy atom. The van der Waals surface area contributed by atoms with Gasteiger partial charge in [0.25, 0.3) is 0 Å². The van der Waals surface area contributed by atoms with Crippen molar-refractivity contribution in [3.63, 3.8) is 0 Å². The van der Waals surface area contributed by atoms with Crippen LogP contribution in [0.15, 0.2) is 11.6 Å². The third-order valence-corrected chi connectivity index (χ3v) is 14.9. The molecule has 9 heteroatoms. The minimum atomic E-state index is -0.670. The first-order chi connectivity index (χ1) is 22.9. The first-order valence-electron chi connectivity index (χ1n) is 19.1. The van der Waals surface area contributed by atoms with Gasteiger partial charge in [0.1, 0.15) is 12.2 Å². The van der Waals surface area contributed by atoms with Gasteiger partial charge in [-0.15, -0.1) is 0 Å². The molecule has 2 bridgehead atoms. The molecule has 9 nitrogen and oxygen atoms in total. The Hall–Kier alpha value is -1.97. The highest BCUT2D eigenvalue weighted by Gasteiger charge is 2.72. The molecule has 49 heavy (non-hydrogen) atoms. The molecule has 0 spiro atoms. The zero-order chi connectivity index (χ0) is 36.2. The Balaban J connectivity index is 1.45. The number of aliphatic carboxylic acids is 1. The number of nitrogens with one attached hydrogen (secondary N) is 1. The molecule has 2 N–H and O–H groups in total. The molecular weight excluding hydrogens is 622 g/mol. The molecule has 5 rings (SSSR count). The van der Waals surface area contributed by atoms with Crippen LogP contribution >= 0.6 is 0 Å². The van der Waals surface area contributed by atoms with E-state index in [0.717, 1.165) is 32.1 Å². The van der Waals surface area contributed by atoms with Crippen molar-refractivity contribution in [2.24, 2.45) is 56.7 Å². The Bertz CT molecular complexity index is 1300. The number of carboxylic acids is 1. The monoisotopic (exact) mass is 687 g/mol. The van der Waals surface area contributed by atoms with Crippen molar-refractivity contribution < 1.29 is 38.4 Å². The van der Waals surface area contributed by atoms with Gasteiger partial charge in [0.05, 0.1) is 31.8 Å². The SMILES string of the molecule is CC(=O)O[C@@H]1C[C@@]23COC[C@](C)([C@@H]2CC[C@H]2C3=CC[C@@]3(C)[C@H](C(=O)O)[C@@](C)([C@H](C)C(C)C)CC[C@]23C)[C@H]1OC(=O)CNCCCOC(C)C. The number of carboxylic acid groups (broad SMARTS) is 1. The van der Waals surface area contributed by atoms with Crippen molar-refractivity contribution >= 4 is 17.9 Å². The second-order valence-corrected chi connectivity index (χ2v) is 18.1. The van der Waals surface area contributed by atoms with Gasteiger partial charge in [-0.3, -0.25) is 14.4 Å². The highest BCUT2D eigenvalue weighted by Crippen LogP contribution is 2.75. The molecule has 0 aromatic carbocycles. The van der Waals surface area contributed by atoms with Crippen LogP contribution in [0.1, 0.15) is 114 Å². The fraction of sp³-hybridized carbons (Fsp3) is 0.875. The van der Waals surface area contributed by atoms with Gasteiger partial charge >= 0.3 is 17.9 Å².